The largest absolute Gasteiger partial charge is 0.493 e. The molecule has 3 amide bonds. The molecule has 3 aromatic rings. The quantitative estimate of drug-likeness (QED) is 0.141. The van der Waals surface area contributed by atoms with Crippen LogP contribution < -0.4 is 10.1 Å². The number of aliphatic hydroxyl groups excluding tert-OH is 1. The monoisotopic (exact) mass is 726 g/mol. The van der Waals surface area contributed by atoms with E-state index in [-0.39, 0.29) is 43.1 Å². The molecule has 3 heterocycles. The summed E-state index contributed by atoms with van der Waals surface area (Å²) in [6.45, 7) is 8.81. The van der Waals surface area contributed by atoms with Gasteiger partial charge in [-0.05, 0) is 42.5 Å². The van der Waals surface area contributed by atoms with Crippen LogP contribution in [-0.4, -0.2) is 101 Å². The Balaban J connectivity index is 1.23. The van der Waals surface area contributed by atoms with E-state index in [9.17, 15) is 19.5 Å². The number of ether oxygens (including phenoxy) is 3. The Morgan fingerprint density at radius 2 is 1.84 bits per heavy atom. The minimum Gasteiger partial charge on any atom is -0.493 e. The zero-order valence-electron chi connectivity index (χ0n) is 28.9. The summed E-state index contributed by atoms with van der Waals surface area (Å²) in [5.74, 6) is 0.0932. The first-order chi connectivity index (χ1) is 24.2. The van der Waals surface area contributed by atoms with Gasteiger partial charge in [-0.1, -0.05) is 44.2 Å². The number of benzene rings is 2. The number of carbonyl (C=O) groups is 3. The van der Waals surface area contributed by atoms with E-state index < -0.39 is 18.2 Å². The van der Waals surface area contributed by atoms with Gasteiger partial charge in [0.1, 0.15) is 17.8 Å². The van der Waals surface area contributed by atoms with Crippen LogP contribution in [0.4, 0.5) is 0 Å². The molecule has 3 atom stereocenters. The Hall–Kier alpha value is -3.55. The normalized spacial score (nSPS) is 17.8. The first kappa shape index (κ1) is 37.7. The summed E-state index contributed by atoms with van der Waals surface area (Å²) in [5, 5.41) is 13.6. The lowest BCUT2D eigenvalue weighted by Gasteiger charge is -2.35. The SMILES string of the molecule is Cc1ncsc1-c1ccc(CNC(=O)[C@@H]2C[C@@H](O)CN2C(=O)C(C(C)C)N2Cc3ccccc3C2=O)c(OCCCOCCOCCCCl)c1. The summed E-state index contributed by atoms with van der Waals surface area (Å²) in [7, 11) is 0. The fourth-order valence-electron chi connectivity index (χ4n) is 6.43. The Morgan fingerprint density at radius 3 is 2.54 bits per heavy atom. The van der Waals surface area contributed by atoms with Crippen molar-refractivity contribution in [2.75, 3.05) is 45.5 Å². The molecule has 0 aliphatic carbocycles. The summed E-state index contributed by atoms with van der Waals surface area (Å²) < 4.78 is 17.4. The second-order valence-electron chi connectivity index (χ2n) is 13.0. The third-order valence-electron chi connectivity index (χ3n) is 8.95. The molecule has 2 N–H and O–H groups in total. The van der Waals surface area contributed by atoms with Gasteiger partial charge < -0.3 is 34.4 Å². The van der Waals surface area contributed by atoms with E-state index in [1.165, 1.54) is 4.90 Å². The molecule has 0 saturated carbocycles. The number of aliphatic hydroxyl groups is 1. The highest BCUT2D eigenvalue weighted by atomic mass is 35.5. The number of fused-ring (bicyclic) bond motifs is 1. The Bertz CT molecular complexity index is 1620. The Kier molecular flexibility index (Phi) is 13.6. The topological polar surface area (TPSA) is 131 Å². The molecule has 270 valence electrons. The number of nitrogens with zero attached hydrogens (tertiary/aromatic N) is 3. The lowest BCUT2D eigenvalue weighted by atomic mass is 10.0. The number of thiazole rings is 1. The average molecular weight is 727 g/mol. The summed E-state index contributed by atoms with van der Waals surface area (Å²) in [5.41, 5.74) is 5.93. The number of nitrogens with one attached hydrogen (secondary N) is 1. The van der Waals surface area contributed by atoms with Crippen LogP contribution in [-0.2, 0) is 32.2 Å². The van der Waals surface area contributed by atoms with Gasteiger partial charge in [0.2, 0.25) is 11.8 Å². The highest BCUT2D eigenvalue weighted by molar-refractivity contribution is 7.13. The summed E-state index contributed by atoms with van der Waals surface area (Å²) in [6.07, 6.45) is 0.734. The average Bonchev–Trinajstić information content (AvgIpc) is 3.81. The number of carbonyl (C=O) groups excluding carboxylic acids is 3. The van der Waals surface area contributed by atoms with E-state index in [0.717, 1.165) is 33.7 Å². The number of likely N-dealkylation sites (tertiary alicyclic amines) is 1. The number of hydrogen-bond acceptors (Lipinski definition) is 9. The second kappa shape index (κ2) is 18.1. The molecule has 1 aromatic heterocycles. The molecule has 50 heavy (non-hydrogen) atoms. The van der Waals surface area contributed by atoms with Gasteiger partial charge in [-0.3, -0.25) is 14.4 Å². The molecule has 1 fully saturated rings. The maximum atomic E-state index is 14.1. The molecule has 11 nitrogen and oxygen atoms in total. The van der Waals surface area contributed by atoms with Crippen LogP contribution in [0, 0.1) is 12.8 Å². The minimum atomic E-state index is -0.877. The zero-order chi connectivity index (χ0) is 35.6. The number of aromatic nitrogens is 1. The fraction of sp³-hybridized carbons (Fsp3) is 0.514. The summed E-state index contributed by atoms with van der Waals surface area (Å²) in [6, 6.07) is 11.6. The molecule has 1 unspecified atom stereocenters. The van der Waals surface area contributed by atoms with E-state index in [2.05, 4.69) is 10.3 Å². The number of rotatable bonds is 18. The lowest BCUT2D eigenvalue weighted by molar-refractivity contribution is -0.143. The van der Waals surface area contributed by atoms with Crippen molar-refractivity contribution in [2.24, 2.45) is 5.92 Å². The van der Waals surface area contributed by atoms with Gasteiger partial charge in [0.15, 0.2) is 0 Å². The van der Waals surface area contributed by atoms with Crippen LogP contribution in [0.15, 0.2) is 48.0 Å². The van der Waals surface area contributed by atoms with Gasteiger partial charge in [-0.15, -0.1) is 22.9 Å². The first-order valence-electron chi connectivity index (χ1n) is 17.2. The molecule has 1 saturated heterocycles. The van der Waals surface area contributed by atoms with Gasteiger partial charge >= 0.3 is 0 Å². The summed E-state index contributed by atoms with van der Waals surface area (Å²) >= 11 is 7.22. The van der Waals surface area contributed by atoms with Crippen LogP contribution >= 0.6 is 22.9 Å². The standard InChI is InChI=1S/C37H47ClN4O7S/c1-24(2)33(42-21-28-8-4-5-9-30(28)36(42)45)37(46)41-22-29(43)19-31(41)35(44)39-20-27-11-10-26(34-25(3)40-23-50-34)18-32(27)49-15-7-14-48-17-16-47-13-6-12-38/h4-5,8-11,18,23-24,29,31,33,43H,6-7,12-17,19-22H2,1-3H3,(H,39,44)/t29-,31+,33?/m1/s1. The number of aryl methyl sites for hydroxylation is 1. The number of hydrogen-bond donors (Lipinski definition) is 2. The maximum absolute atomic E-state index is 14.1. The fourth-order valence-corrected chi connectivity index (χ4v) is 7.34. The Labute approximate surface area is 302 Å². The van der Waals surface area contributed by atoms with Crippen molar-refractivity contribution in [3.63, 3.8) is 0 Å². The van der Waals surface area contributed by atoms with Gasteiger partial charge in [0, 0.05) is 62.7 Å². The number of β-amino-alcohol motifs (C(OH)–C–C–N with tert-alkyl or cyclic N) is 1. The van der Waals surface area contributed by atoms with Crippen molar-refractivity contribution in [3.8, 4) is 16.2 Å². The summed E-state index contributed by atoms with van der Waals surface area (Å²) in [4.78, 5) is 49.6. The highest BCUT2D eigenvalue weighted by Crippen LogP contribution is 2.33. The minimum absolute atomic E-state index is 0.0218. The molecule has 0 bridgehead atoms. The second-order valence-corrected chi connectivity index (χ2v) is 14.2. The van der Waals surface area contributed by atoms with Gasteiger partial charge in [-0.25, -0.2) is 4.98 Å². The van der Waals surface area contributed by atoms with Crippen LogP contribution in [0.5, 0.6) is 5.75 Å². The van der Waals surface area contributed by atoms with E-state index in [0.29, 0.717) is 63.2 Å². The Morgan fingerprint density at radius 1 is 1.08 bits per heavy atom. The van der Waals surface area contributed by atoms with Crippen molar-refractivity contribution in [3.05, 3.63) is 70.4 Å². The van der Waals surface area contributed by atoms with Crippen LogP contribution in [0.2, 0.25) is 0 Å². The first-order valence-corrected chi connectivity index (χ1v) is 18.6. The predicted molar refractivity (Wildman–Crippen MR) is 192 cm³/mol. The third kappa shape index (κ3) is 9.21. The predicted octanol–water partition coefficient (Wildman–Crippen LogP) is 4.81. The maximum Gasteiger partial charge on any atom is 0.255 e. The lowest BCUT2D eigenvalue weighted by Crippen LogP contribution is -2.55. The van der Waals surface area contributed by atoms with Crippen LogP contribution in [0.25, 0.3) is 10.4 Å². The molecule has 2 aliphatic rings. The highest BCUT2D eigenvalue weighted by Gasteiger charge is 2.45. The van der Waals surface area contributed by atoms with E-state index in [4.69, 9.17) is 25.8 Å². The van der Waals surface area contributed by atoms with Crippen molar-refractivity contribution >= 4 is 40.7 Å². The van der Waals surface area contributed by atoms with Crippen LogP contribution in [0.1, 0.15) is 60.3 Å². The van der Waals surface area contributed by atoms with Crippen molar-refractivity contribution in [1.29, 1.82) is 0 Å². The molecule has 5 rings (SSSR count). The number of amides is 3. The molecule has 13 heteroatoms. The molecule has 0 spiro atoms. The number of alkyl halides is 1. The van der Waals surface area contributed by atoms with Crippen LogP contribution in [0.3, 0.4) is 0 Å². The molecule has 2 aromatic carbocycles. The zero-order valence-corrected chi connectivity index (χ0v) is 30.5. The van der Waals surface area contributed by atoms with E-state index in [1.54, 1.807) is 27.8 Å². The number of halogens is 1. The van der Waals surface area contributed by atoms with Gasteiger partial charge in [0.05, 0.1) is 42.0 Å². The van der Waals surface area contributed by atoms with Gasteiger partial charge in [0.25, 0.3) is 5.91 Å². The van der Waals surface area contributed by atoms with Crippen molar-refractivity contribution < 1.29 is 33.7 Å². The van der Waals surface area contributed by atoms with E-state index >= 15 is 0 Å². The van der Waals surface area contributed by atoms with Crippen molar-refractivity contribution in [1.82, 2.24) is 20.1 Å². The molecular weight excluding hydrogens is 680 g/mol. The molecule has 0 radical (unpaired) electrons. The van der Waals surface area contributed by atoms with E-state index in [1.807, 2.05) is 57.2 Å². The van der Waals surface area contributed by atoms with Gasteiger partial charge in [-0.2, -0.15) is 0 Å². The third-order valence-corrected chi connectivity index (χ3v) is 10.2. The van der Waals surface area contributed by atoms with Crippen molar-refractivity contribution in [2.45, 2.75) is 71.3 Å². The smallest absolute Gasteiger partial charge is 0.255 e. The molecule has 2 aliphatic heterocycles. The molecular formula is C37H47ClN4O7S.